The second-order valence-electron chi connectivity index (χ2n) is 5.10. The van der Waals surface area contributed by atoms with Crippen molar-refractivity contribution in [3.8, 4) is 5.75 Å². The van der Waals surface area contributed by atoms with Crippen LogP contribution in [0.5, 0.6) is 5.75 Å². The van der Waals surface area contributed by atoms with E-state index in [1.165, 1.54) is 0 Å². The smallest absolute Gasteiger partial charge is 0.335 e. The Morgan fingerprint density at radius 1 is 1.33 bits per heavy atom. The van der Waals surface area contributed by atoms with Gasteiger partial charge in [0.1, 0.15) is 5.75 Å². The molecule has 21 heavy (non-hydrogen) atoms. The molecule has 0 bridgehead atoms. The third-order valence-electron chi connectivity index (χ3n) is 3.07. The van der Waals surface area contributed by atoms with Crippen LogP contribution in [0.2, 0.25) is 0 Å². The van der Waals surface area contributed by atoms with Gasteiger partial charge in [0.25, 0.3) is 0 Å². The first-order chi connectivity index (χ1) is 10.1. The number of hydrogen-bond donors (Lipinski definition) is 1. The molecule has 4 nitrogen and oxygen atoms in total. The first kappa shape index (κ1) is 15.5. The number of thiazole rings is 1. The molecule has 0 fully saturated rings. The van der Waals surface area contributed by atoms with Crippen LogP contribution < -0.4 is 4.74 Å². The van der Waals surface area contributed by atoms with E-state index >= 15 is 0 Å². The van der Waals surface area contributed by atoms with Crippen molar-refractivity contribution >= 4 is 17.3 Å². The van der Waals surface area contributed by atoms with E-state index in [0.717, 1.165) is 23.5 Å². The number of aromatic nitrogens is 1. The van der Waals surface area contributed by atoms with E-state index in [4.69, 9.17) is 9.84 Å². The maximum absolute atomic E-state index is 10.7. The second-order valence-corrected chi connectivity index (χ2v) is 6.05. The van der Waals surface area contributed by atoms with E-state index < -0.39 is 5.97 Å². The van der Waals surface area contributed by atoms with Gasteiger partial charge in [-0.05, 0) is 36.6 Å². The highest BCUT2D eigenvalue weighted by molar-refractivity contribution is 7.09. The third kappa shape index (κ3) is 4.56. The number of hydrogen-bond acceptors (Lipinski definition) is 4. The predicted molar refractivity (Wildman–Crippen MR) is 83.4 cm³/mol. The molecule has 0 saturated heterocycles. The van der Waals surface area contributed by atoms with Crippen molar-refractivity contribution < 1.29 is 14.6 Å². The molecule has 0 atom stereocenters. The summed E-state index contributed by atoms with van der Waals surface area (Å²) in [5.41, 5.74) is 1.42. The fraction of sp³-hybridized carbons (Fsp3) is 0.375. The third-order valence-corrected chi connectivity index (χ3v) is 3.99. The molecular weight excluding hydrogens is 286 g/mol. The second kappa shape index (κ2) is 7.22. The summed E-state index contributed by atoms with van der Waals surface area (Å²) in [7, 11) is 0. The minimum atomic E-state index is -0.925. The van der Waals surface area contributed by atoms with Gasteiger partial charge in [0.05, 0.1) is 22.9 Å². The molecule has 1 heterocycles. The number of aromatic carboxylic acids is 1. The van der Waals surface area contributed by atoms with Crippen molar-refractivity contribution in [2.24, 2.45) is 0 Å². The van der Waals surface area contributed by atoms with Gasteiger partial charge in [0, 0.05) is 11.8 Å². The minimum Gasteiger partial charge on any atom is -0.494 e. The lowest BCUT2D eigenvalue weighted by atomic mass is 10.2. The molecule has 0 aliphatic rings. The number of carbonyl (C=O) groups is 1. The Hall–Kier alpha value is -1.88. The minimum absolute atomic E-state index is 0.270. The van der Waals surface area contributed by atoms with Gasteiger partial charge < -0.3 is 9.84 Å². The lowest BCUT2D eigenvalue weighted by molar-refractivity contribution is 0.0697. The zero-order valence-electron chi connectivity index (χ0n) is 12.2. The maximum Gasteiger partial charge on any atom is 0.335 e. The number of aryl methyl sites for hydroxylation is 1. The molecule has 0 unspecified atom stereocenters. The molecule has 1 aromatic carbocycles. The zero-order chi connectivity index (χ0) is 15.2. The molecule has 5 heteroatoms. The van der Waals surface area contributed by atoms with Crippen LogP contribution in [0.4, 0.5) is 0 Å². The van der Waals surface area contributed by atoms with Gasteiger partial charge in [-0.2, -0.15) is 0 Å². The highest BCUT2D eigenvalue weighted by Crippen LogP contribution is 2.19. The summed E-state index contributed by atoms with van der Waals surface area (Å²) in [5.74, 6) is 0.243. The number of ether oxygens (including phenoxy) is 1. The summed E-state index contributed by atoms with van der Waals surface area (Å²) in [5, 5.41) is 12.1. The lowest BCUT2D eigenvalue weighted by Crippen LogP contribution is -2.00. The van der Waals surface area contributed by atoms with Crippen molar-refractivity contribution in [3.63, 3.8) is 0 Å². The van der Waals surface area contributed by atoms with Crippen LogP contribution in [-0.4, -0.2) is 22.7 Å². The fourth-order valence-corrected chi connectivity index (χ4v) is 2.81. The standard InChI is InChI=1S/C16H19NO3S/c1-11(2)14-10-21-15(17-14)4-3-9-20-13-7-5-12(6-8-13)16(18)19/h5-8,10-11H,3-4,9H2,1-2H3,(H,18,19). The van der Waals surface area contributed by atoms with Gasteiger partial charge in [-0.15, -0.1) is 11.3 Å². The van der Waals surface area contributed by atoms with E-state index in [1.54, 1.807) is 35.6 Å². The number of rotatable bonds is 7. The molecule has 0 aliphatic heterocycles. The molecule has 2 aromatic rings. The topological polar surface area (TPSA) is 59.4 Å². The van der Waals surface area contributed by atoms with Crippen molar-refractivity contribution in [2.45, 2.75) is 32.6 Å². The largest absolute Gasteiger partial charge is 0.494 e. The van der Waals surface area contributed by atoms with Gasteiger partial charge in [0.2, 0.25) is 0 Å². The monoisotopic (exact) mass is 305 g/mol. The highest BCUT2D eigenvalue weighted by Gasteiger charge is 2.06. The van der Waals surface area contributed by atoms with Crippen molar-refractivity contribution in [2.75, 3.05) is 6.61 Å². The number of carboxylic acids is 1. The Morgan fingerprint density at radius 3 is 2.62 bits per heavy atom. The number of carboxylic acid groups (broad SMARTS) is 1. The first-order valence-electron chi connectivity index (χ1n) is 6.96. The Bertz CT molecular complexity index is 590. The van der Waals surface area contributed by atoms with Crippen LogP contribution in [0.25, 0.3) is 0 Å². The van der Waals surface area contributed by atoms with Gasteiger partial charge in [-0.1, -0.05) is 13.8 Å². The molecule has 0 radical (unpaired) electrons. The van der Waals surface area contributed by atoms with Crippen LogP contribution in [0.3, 0.4) is 0 Å². The Balaban J connectivity index is 1.75. The van der Waals surface area contributed by atoms with Crippen molar-refractivity contribution in [3.05, 3.63) is 45.9 Å². The molecule has 1 N–H and O–H groups in total. The average molecular weight is 305 g/mol. The molecule has 2 rings (SSSR count). The molecule has 112 valence electrons. The van der Waals surface area contributed by atoms with Gasteiger partial charge in [0.15, 0.2) is 0 Å². The molecule has 0 amide bonds. The van der Waals surface area contributed by atoms with Crippen LogP contribution >= 0.6 is 11.3 Å². The van der Waals surface area contributed by atoms with Gasteiger partial charge in [-0.25, -0.2) is 9.78 Å². The highest BCUT2D eigenvalue weighted by atomic mass is 32.1. The molecular formula is C16H19NO3S. The SMILES string of the molecule is CC(C)c1csc(CCCOc2ccc(C(=O)O)cc2)n1. The quantitative estimate of drug-likeness (QED) is 0.786. The summed E-state index contributed by atoms with van der Waals surface area (Å²) >= 11 is 1.70. The summed E-state index contributed by atoms with van der Waals surface area (Å²) in [6, 6.07) is 6.47. The number of nitrogens with zero attached hydrogens (tertiary/aromatic N) is 1. The zero-order valence-corrected chi connectivity index (χ0v) is 13.0. The van der Waals surface area contributed by atoms with E-state index in [9.17, 15) is 4.79 Å². The Labute approximate surface area is 128 Å². The van der Waals surface area contributed by atoms with Crippen LogP contribution in [0.1, 0.15) is 47.2 Å². The number of benzene rings is 1. The van der Waals surface area contributed by atoms with Crippen LogP contribution in [-0.2, 0) is 6.42 Å². The van der Waals surface area contributed by atoms with E-state index in [0.29, 0.717) is 18.3 Å². The normalized spacial score (nSPS) is 10.8. The lowest BCUT2D eigenvalue weighted by Gasteiger charge is -2.05. The maximum atomic E-state index is 10.7. The van der Waals surface area contributed by atoms with Gasteiger partial charge >= 0.3 is 5.97 Å². The van der Waals surface area contributed by atoms with Crippen molar-refractivity contribution in [1.82, 2.24) is 4.98 Å². The summed E-state index contributed by atoms with van der Waals surface area (Å²) in [6.45, 7) is 4.88. The first-order valence-corrected chi connectivity index (χ1v) is 7.84. The van der Waals surface area contributed by atoms with Crippen LogP contribution in [0, 0.1) is 0 Å². The molecule has 0 aliphatic carbocycles. The Kier molecular flexibility index (Phi) is 5.33. The van der Waals surface area contributed by atoms with E-state index in [2.05, 4.69) is 24.2 Å². The predicted octanol–water partition coefficient (Wildman–Crippen LogP) is 3.98. The average Bonchev–Trinajstić information content (AvgIpc) is 2.93. The summed E-state index contributed by atoms with van der Waals surface area (Å²) in [4.78, 5) is 15.3. The summed E-state index contributed by atoms with van der Waals surface area (Å²) < 4.78 is 5.60. The van der Waals surface area contributed by atoms with Crippen LogP contribution in [0.15, 0.2) is 29.6 Å². The molecule has 0 saturated carbocycles. The van der Waals surface area contributed by atoms with E-state index in [1.807, 2.05) is 0 Å². The van der Waals surface area contributed by atoms with E-state index in [-0.39, 0.29) is 5.56 Å². The Morgan fingerprint density at radius 2 is 2.05 bits per heavy atom. The van der Waals surface area contributed by atoms with Gasteiger partial charge in [-0.3, -0.25) is 0 Å². The fourth-order valence-electron chi connectivity index (χ4n) is 1.81. The molecule has 0 spiro atoms. The molecule has 1 aromatic heterocycles. The summed E-state index contributed by atoms with van der Waals surface area (Å²) in [6.07, 6.45) is 1.80. The van der Waals surface area contributed by atoms with Crippen molar-refractivity contribution in [1.29, 1.82) is 0 Å².